The van der Waals surface area contributed by atoms with E-state index in [2.05, 4.69) is 25.6 Å². The number of hydrogen-bond acceptors (Lipinski definition) is 7. The van der Waals surface area contributed by atoms with Gasteiger partial charge in [0.15, 0.2) is 5.78 Å². The molecule has 37 heavy (non-hydrogen) atoms. The fraction of sp³-hybridized carbons (Fsp3) is 0.320. The zero-order valence-corrected chi connectivity index (χ0v) is 19.9. The minimum Gasteiger partial charge on any atom is -0.467 e. The lowest BCUT2D eigenvalue weighted by molar-refractivity contribution is -0.126. The number of hydrogen-bond donors (Lipinski definition) is 2. The molecule has 0 spiro atoms. The van der Waals surface area contributed by atoms with Crippen molar-refractivity contribution < 1.29 is 31.9 Å². The Morgan fingerprint density at radius 3 is 2.38 bits per heavy atom. The number of carbonyl (C=O) groups excluding carboxylic acids is 2. The van der Waals surface area contributed by atoms with E-state index in [9.17, 15) is 27.2 Å². The highest BCUT2D eigenvalue weighted by Gasteiger charge is 2.51. The highest BCUT2D eigenvalue weighted by atomic mass is 19.3. The van der Waals surface area contributed by atoms with Crippen LogP contribution < -0.4 is 15.4 Å². The molecule has 1 fully saturated rings. The van der Waals surface area contributed by atoms with Crippen LogP contribution in [0, 0.1) is 17.0 Å². The van der Waals surface area contributed by atoms with Crippen molar-refractivity contribution in [1.29, 1.82) is 0 Å². The van der Waals surface area contributed by atoms with Crippen LogP contribution in [0.5, 0.6) is 6.01 Å². The Labute approximate surface area is 209 Å². The summed E-state index contributed by atoms with van der Waals surface area (Å²) in [5.41, 5.74) is -1.89. The molecular formula is C25H23F4N5O3. The second kappa shape index (κ2) is 10.1. The molecule has 194 valence electrons. The van der Waals surface area contributed by atoms with Crippen molar-refractivity contribution >= 4 is 23.1 Å². The molecule has 1 amide bonds. The van der Waals surface area contributed by atoms with Crippen molar-refractivity contribution in [2.45, 2.75) is 38.7 Å². The molecule has 1 aliphatic carbocycles. The summed E-state index contributed by atoms with van der Waals surface area (Å²) in [6.45, 7) is 0.368. The number of anilines is 2. The quantitative estimate of drug-likeness (QED) is 0.297. The number of amides is 1. The topological polar surface area (TPSA) is 106 Å². The third-order valence-corrected chi connectivity index (χ3v) is 6.06. The molecule has 4 rings (SSSR count). The van der Waals surface area contributed by atoms with Crippen LogP contribution in [0.15, 0.2) is 42.9 Å². The molecule has 8 nitrogen and oxygen atoms in total. The number of carbonyl (C=O) groups is 2. The molecule has 0 saturated heterocycles. The van der Waals surface area contributed by atoms with E-state index >= 15 is 0 Å². The van der Waals surface area contributed by atoms with Crippen molar-refractivity contribution in [2.24, 2.45) is 5.41 Å². The van der Waals surface area contributed by atoms with Crippen molar-refractivity contribution in [1.82, 2.24) is 20.3 Å². The molecule has 3 aromatic rings. The lowest BCUT2D eigenvalue weighted by atomic mass is 9.96. The third-order valence-electron chi connectivity index (χ3n) is 6.06. The van der Waals surface area contributed by atoms with Gasteiger partial charge in [0, 0.05) is 37.4 Å². The van der Waals surface area contributed by atoms with Gasteiger partial charge in [0.1, 0.15) is 11.6 Å². The number of halogens is 4. The van der Waals surface area contributed by atoms with Crippen LogP contribution in [-0.4, -0.2) is 33.8 Å². The number of nitrogens with one attached hydrogen (secondary N) is 2. The van der Waals surface area contributed by atoms with E-state index in [0.29, 0.717) is 19.8 Å². The lowest BCUT2D eigenvalue weighted by Gasteiger charge is -2.18. The van der Waals surface area contributed by atoms with Gasteiger partial charge in [-0.1, -0.05) is 12.1 Å². The number of nitrogens with zero attached hydrogens (tertiary/aromatic N) is 3. The van der Waals surface area contributed by atoms with Gasteiger partial charge in [-0.15, -0.1) is 0 Å². The Morgan fingerprint density at radius 2 is 1.78 bits per heavy atom. The first kappa shape index (κ1) is 26.0. The molecule has 1 aromatic carbocycles. The number of benzene rings is 1. The van der Waals surface area contributed by atoms with Crippen LogP contribution in [0.4, 0.5) is 28.9 Å². The Kier molecular flexibility index (Phi) is 7.10. The van der Waals surface area contributed by atoms with E-state index in [0.717, 1.165) is 30.5 Å². The number of aromatic nitrogens is 3. The standard InChI is InChI=1S/C25H23F4N5O3/c1-24(28,29)16-4-3-5-17(26)21(16)34-15-8-18(27)19(30-12-15)13-31-22(36)25(6-7-25)9-20(35)14-10-32-23(37-2)33-11-14/h3-5,8,10-12,34H,6-7,9,13H2,1-2H3,(H,31,36). The molecule has 1 aliphatic rings. The normalized spacial score (nSPS) is 14.1. The zero-order chi connectivity index (χ0) is 26.8. The van der Waals surface area contributed by atoms with E-state index < -0.39 is 40.1 Å². The third kappa shape index (κ3) is 5.84. The maximum Gasteiger partial charge on any atom is 0.316 e. The van der Waals surface area contributed by atoms with Crippen molar-refractivity contribution in [3.8, 4) is 6.01 Å². The van der Waals surface area contributed by atoms with Crippen molar-refractivity contribution in [3.63, 3.8) is 0 Å². The van der Waals surface area contributed by atoms with Gasteiger partial charge in [-0.3, -0.25) is 14.6 Å². The van der Waals surface area contributed by atoms with Crippen LogP contribution >= 0.6 is 0 Å². The number of para-hydroxylation sites is 1. The number of ketones is 1. The highest BCUT2D eigenvalue weighted by Crippen LogP contribution is 2.49. The summed E-state index contributed by atoms with van der Waals surface area (Å²) in [4.78, 5) is 37.1. The predicted octanol–water partition coefficient (Wildman–Crippen LogP) is 4.68. The van der Waals surface area contributed by atoms with Gasteiger partial charge >= 0.3 is 6.01 Å². The van der Waals surface area contributed by atoms with Gasteiger partial charge in [0.25, 0.3) is 5.92 Å². The molecule has 2 aromatic heterocycles. The van der Waals surface area contributed by atoms with Crippen LogP contribution in [-0.2, 0) is 17.3 Å². The zero-order valence-electron chi connectivity index (χ0n) is 19.9. The highest BCUT2D eigenvalue weighted by molar-refractivity contribution is 6.00. The fourth-order valence-corrected chi connectivity index (χ4v) is 3.79. The van der Waals surface area contributed by atoms with Gasteiger partial charge < -0.3 is 15.4 Å². The van der Waals surface area contributed by atoms with Crippen LogP contribution in [0.3, 0.4) is 0 Å². The van der Waals surface area contributed by atoms with Gasteiger partial charge in [0.2, 0.25) is 5.91 Å². The first-order chi connectivity index (χ1) is 17.5. The maximum absolute atomic E-state index is 14.7. The summed E-state index contributed by atoms with van der Waals surface area (Å²) in [5.74, 6) is -5.81. The van der Waals surface area contributed by atoms with E-state index in [-0.39, 0.29) is 41.7 Å². The number of Topliss-reactive ketones (excluding diaryl/α,β-unsaturated/α-hetero) is 1. The number of methoxy groups -OCH3 is 1. The first-order valence-electron chi connectivity index (χ1n) is 11.3. The van der Waals surface area contributed by atoms with E-state index in [1.807, 2.05) is 0 Å². The molecule has 0 bridgehead atoms. The Balaban J connectivity index is 1.39. The van der Waals surface area contributed by atoms with Crippen molar-refractivity contribution in [3.05, 3.63) is 71.3 Å². The average molecular weight is 517 g/mol. The number of alkyl halides is 2. The Bertz CT molecular complexity index is 1320. The SMILES string of the molecule is COc1ncc(C(=O)CC2(C(=O)NCc3ncc(Nc4c(F)cccc4C(C)(F)F)cc3F)CC2)cn1. The van der Waals surface area contributed by atoms with E-state index in [4.69, 9.17) is 4.74 Å². The van der Waals surface area contributed by atoms with Crippen LogP contribution in [0.2, 0.25) is 0 Å². The second-order valence-electron chi connectivity index (χ2n) is 8.85. The maximum atomic E-state index is 14.7. The monoisotopic (exact) mass is 517 g/mol. The summed E-state index contributed by atoms with van der Waals surface area (Å²) in [6, 6.07) is 4.32. The number of rotatable bonds is 10. The second-order valence-corrected chi connectivity index (χ2v) is 8.85. The Hall–Kier alpha value is -4.09. The summed E-state index contributed by atoms with van der Waals surface area (Å²) in [7, 11) is 1.40. The molecule has 12 heteroatoms. The molecule has 0 atom stereocenters. The largest absolute Gasteiger partial charge is 0.467 e. The van der Waals surface area contributed by atoms with E-state index in [1.54, 1.807) is 0 Å². The molecule has 1 saturated carbocycles. The predicted molar refractivity (Wildman–Crippen MR) is 124 cm³/mol. The molecule has 0 radical (unpaired) electrons. The summed E-state index contributed by atoms with van der Waals surface area (Å²) in [6.07, 6.45) is 4.72. The summed E-state index contributed by atoms with van der Waals surface area (Å²) >= 11 is 0. The van der Waals surface area contributed by atoms with Gasteiger partial charge in [-0.25, -0.2) is 27.5 Å². The molecule has 2 heterocycles. The average Bonchev–Trinajstić information content (AvgIpc) is 3.64. The minimum atomic E-state index is -3.33. The smallest absolute Gasteiger partial charge is 0.316 e. The van der Waals surface area contributed by atoms with Gasteiger partial charge in [-0.05, 0) is 18.9 Å². The number of pyridine rings is 1. The summed E-state index contributed by atoms with van der Waals surface area (Å²) in [5, 5.41) is 5.06. The fourth-order valence-electron chi connectivity index (χ4n) is 3.79. The molecule has 0 unspecified atom stereocenters. The van der Waals surface area contributed by atoms with E-state index in [1.165, 1.54) is 19.5 Å². The minimum absolute atomic E-state index is 0.0471. The first-order valence-corrected chi connectivity index (χ1v) is 11.3. The van der Waals surface area contributed by atoms with Gasteiger partial charge in [0.05, 0.1) is 47.9 Å². The lowest BCUT2D eigenvalue weighted by Crippen LogP contribution is -2.33. The van der Waals surface area contributed by atoms with Gasteiger partial charge in [-0.2, -0.15) is 0 Å². The Morgan fingerprint density at radius 1 is 1.08 bits per heavy atom. The molecule has 2 N–H and O–H groups in total. The van der Waals surface area contributed by atoms with Crippen molar-refractivity contribution in [2.75, 3.05) is 12.4 Å². The van der Waals surface area contributed by atoms with Crippen LogP contribution in [0.25, 0.3) is 0 Å². The molecular weight excluding hydrogens is 494 g/mol. The molecule has 0 aliphatic heterocycles. The summed E-state index contributed by atoms with van der Waals surface area (Å²) < 4.78 is 61.5. The van der Waals surface area contributed by atoms with Crippen LogP contribution in [0.1, 0.15) is 47.8 Å². The number of ether oxygens (including phenoxy) is 1.